The fourth-order valence-electron chi connectivity index (χ4n) is 2.18. The van der Waals surface area contributed by atoms with E-state index < -0.39 is 0 Å². The molecule has 0 radical (unpaired) electrons. The van der Waals surface area contributed by atoms with Crippen molar-refractivity contribution in [2.24, 2.45) is 7.05 Å². The molecule has 1 N–H and O–H groups in total. The van der Waals surface area contributed by atoms with Crippen molar-refractivity contribution in [1.82, 2.24) is 9.78 Å². The van der Waals surface area contributed by atoms with Crippen molar-refractivity contribution in [2.45, 2.75) is 27.3 Å². The van der Waals surface area contributed by atoms with Gasteiger partial charge in [0.1, 0.15) is 0 Å². The van der Waals surface area contributed by atoms with Gasteiger partial charge in [-0.05, 0) is 32.9 Å². The van der Waals surface area contributed by atoms with Gasteiger partial charge >= 0.3 is 0 Å². The summed E-state index contributed by atoms with van der Waals surface area (Å²) in [5.74, 6) is 1.55. The van der Waals surface area contributed by atoms with Gasteiger partial charge in [0, 0.05) is 37.1 Å². The zero-order chi connectivity index (χ0) is 15.2. The van der Waals surface area contributed by atoms with Gasteiger partial charge in [0.15, 0.2) is 11.5 Å². The minimum Gasteiger partial charge on any atom is -0.490 e. The second-order valence-corrected chi connectivity index (χ2v) is 4.79. The first-order valence-corrected chi connectivity index (χ1v) is 7.26. The fourth-order valence-corrected chi connectivity index (χ4v) is 2.18. The predicted octanol–water partition coefficient (Wildman–Crippen LogP) is 3.14. The van der Waals surface area contributed by atoms with Gasteiger partial charge in [-0.3, -0.25) is 4.68 Å². The zero-order valence-corrected chi connectivity index (χ0v) is 13.1. The summed E-state index contributed by atoms with van der Waals surface area (Å²) < 4.78 is 13.0. The van der Waals surface area contributed by atoms with E-state index in [1.165, 1.54) is 5.56 Å². The van der Waals surface area contributed by atoms with Crippen LogP contribution in [0.25, 0.3) is 0 Å². The number of aromatic nitrogens is 2. The van der Waals surface area contributed by atoms with E-state index in [9.17, 15) is 0 Å². The molecule has 1 aromatic heterocycles. The first kappa shape index (κ1) is 15.2. The molecule has 0 aliphatic heterocycles. The molecule has 21 heavy (non-hydrogen) atoms. The molecule has 1 aromatic carbocycles. The number of rotatable bonds is 7. The molecule has 0 aliphatic rings. The first-order valence-electron chi connectivity index (χ1n) is 7.26. The normalized spacial score (nSPS) is 10.5. The van der Waals surface area contributed by atoms with Crippen molar-refractivity contribution in [3.8, 4) is 11.5 Å². The highest BCUT2D eigenvalue weighted by Gasteiger charge is 2.07. The largest absolute Gasteiger partial charge is 0.490 e. The van der Waals surface area contributed by atoms with Gasteiger partial charge < -0.3 is 14.8 Å². The molecule has 0 fully saturated rings. The monoisotopic (exact) mass is 289 g/mol. The molecule has 0 spiro atoms. The Morgan fingerprint density at radius 3 is 2.48 bits per heavy atom. The van der Waals surface area contributed by atoms with E-state index in [4.69, 9.17) is 9.47 Å². The Bertz CT molecular complexity index is 593. The Balaban J connectivity index is 2.09. The maximum absolute atomic E-state index is 5.63. The van der Waals surface area contributed by atoms with Gasteiger partial charge in [-0.15, -0.1) is 0 Å². The average Bonchev–Trinajstić information content (AvgIpc) is 2.78. The molecule has 2 rings (SSSR count). The summed E-state index contributed by atoms with van der Waals surface area (Å²) in [6.45, 7) is 7.93. The third kappa shape index (κ3) is 3.90. The molecule has 0 unspecified atom stereocenters. The smallest absolute Gasteiger partial charge is 0.163 e. The zero-order valence-electron chi connectivity index (χ0n) is 13.1. The van der Waals surface area contributed by atoms with Crippen molar-refractivity contribution in [3.05, 3.63) is 35.7 Å². The van der Waals surface area contributed by atoms with Crippen LogP contribution < -0.4 is 14.8 Å². The average molecular weight is 289 g/mol. The highest BCUT2D eigenvalue weighted by atomic mass is 16.5. The lowest BCUT2D eigenvalue weighted by atomic mass is 10.2. The number of aryl methyl sites for hydroxylation is 2. The fraction of sp³-hybridized carbons (Fsp3) is 0.438. The predicted molar refractivity (Wildman–Crippen MR) is 84.1 cm³/mol. The third-order valence-corrected chi connectivity index (χ3v) is 3.14. The molecule has 5 heteroatoms. The van der Waals surface area contributed by atoms with Crippen molar-refractivity contribution in [2.75, 3.05) is 18.5 Å². The van der Waals surface area contributed by atoms with Crippen LogP contribution in [0.3, 0.4) is 0 Å². The Morgan fingerprint density at radius 2 is 1.86 bits per heavy atom. The molecule has 0 aliphatic carbocycles. The molecular formula is C16H23N3O2. The van der Waals surface area contributed by atoms with Gasteiger partial charge in [0.2, 0.25) is 0 Å². The van der Waals surface area contributed by atoms with E-state index in [1.54, 1.807) is 0 Å². The quantitative estimate of drug-likeness (QED) is 0.850. The standard InChI is InChI=1S/C16H23N3O2/c1-5-20-15-8-7-14(9-16(15)21-6-2)17-10-13-11-19(4)18-12(13)3/h7-9,11,17H,5-6,10H2,1-4H3. The summed E-state index contributed by atoms with van der Waals surface area (Å²) in [7, 11) is 1.93. The molecule has 0 saturated carbocycles. The van der Waals surface area contributed by atoms with Crippen LogP contribution in [0, 0.1) is 6.92 Å². The van der Waals surface area contributed by atoms with Crippen LogP contribution in [0.5, 0.6) is 11.5 Å². The van der Waals surface area contributed by atoms with Crippen LogP contribution in [-0.4, -0.2) is 23.0 Å². The van der Waals surface area contributed by atoms with Crippen LogP contribution in [0.2, 0.25) is 0 Å². The Kier molecular flexibility index (Phi) is 5.09. The molecular weight excluding hydrogens is 266 g/mol. The topological polar surface area (TPSA) is 48.3 Å². The Morgan fingerprint density at radius 1 is 1.14 bits per heavy atom. The Labute approximate surface area is 125 Å². The third-order valence-electron chi connectivity index (χ3n) is 3.14. The minimum absolute atomic E-state index is 0.616. The molecule has 114 valence electrons. The molecule has 0 amide bonds. The SMILES string of the molecule is CCOc1ccc(NCc2cn(C)nc2C)cc1OCC. The molecule has 5 nitrogen and oxygen atoms in total. The number of hydrogen-bond acceptors (Lipinski definition) is 4. The van der Waals surface area contributed by atoms with Crippen LogP contribution in [0.15, 0.2) is 24.4 Å². The summed E-state index contributed by atoms with van der Waals surface area (Å²) in [6.07, 6.45) is 2.03. The van der Waals surface area contributed by atoms with Crippen LogP contribution in [0.4, 0.5) is 5.69 Å². The van der Waals surface area contributed by atoms with E-state index in [-0.39, 0.29) is 0 Å². The number of hydrogen-bond donors (Lipinski definition) is 1. The number of nitrogens with zero attached hydrogens (tertiary/aromatic N) is 2. The number of ether oxygens (including phenoxy) is 2. The maximum Gasteiger partial charge on any atom is 0.163 e. The van der Waals surface area contributed by atoms with Gasteiger partial charge in [0.25, 0.3) is 0 Å². The van der Waals surface area contributed by atoms with E-state index >= 15 is 0 Å². The molecule has 1 heterocycles. The van der Waals surface area contributed by atoms with Gasteiger partial charge in [0.05, 0.1) is 18.9 Å². The summed E-state index contributed by atoms with van der Waals surface area (Å²) in [4.78, 5) is 0. The second kappa shape index (κ2) is 7.02. The van der Waals surface area contributed by atoms with Crippen molar-refractivity contribution >= 4 is 5.69 Å². The van der Waals surface area contributed by atoms with Crippen LogP contribution in [0.1, 0.15) is 25.1 Å². The number of nitrogens with one attached hydrogen (secondary N) is 1. The summed E-state index contributed by atoms with van der Waals surface area (Å²) in [5, 5.41) is 7.74. The Hall–Kier alpha value is -2.17. The molecule has 0 atom stereocenters. The van der Waals surface area contributed by atoms with Gasteiger partial charge in [-0.25, -0.2) is 0 Å². The molecule has 0 bridgehead atoms. The highest BCUT2D eigenvalue weighted by molar-refractivity contribution is 5.55. The second-order valence-electron chi connectivity index (χ2n) is 4.79. The van der Waals surface area contributed by atoms with Gasteiger partial charge in [-0.2, -0.15) is 5.10 Å². The lowest BCUT2D eigenvalue weighted by Crippen LogP contribution is -2.02. The lowest BCUT2D eigenvalue weighted by Gasteiger charge is -2.13. The first-order chi connectivity index (χ1) is 10.1. The molecule has 2 aromatic rings. The maximum atomic E-state index is 5.63. The summed E-state index contributed by atoms with van der Waals surface area (Å²) in [6, 6.07) is 5.91. The van der Waals surface area contributed by atoms with Crippen molar-refractivity contribution < 1.29 is 9.47 Å². The lowest BCUT2D eigenvalue weighted by molar-refractivity contribution is 0.288. The summed E-state index contributed by atoms with van der Waals surface area (Å²) >= 11 is 0. The summed E-state index contributed by atoms with van der Waals surface area (Å²) in [5.41, 5.74) is 3.23. The van der Waals surface area contributed by atoms with E-state index in [1.807, 2.05) is 56.9 Å². The van der Waals surface area contributed by atoms with E-state index in [0.29, 0.717) is 13.2 Å². The number of benzene rings is 1. The minimum atomic E-state index is 0.616. The molecule has 0 saturated heterocycles. The van der Waals surface area contributed by atoms with Crippen molar-refractivity contribution in [3.63, 3.8) is 0 Å². The van der Waals surface area contributed by atoms with Gasteiger partial charge in [-0.1, -0.05) is 0 Å². The van der Waals surface area contributed by atoms with E-state index in [2.05, 4.69) is 10.4 Å². The van der Waals surface area contributed by atoms with Crippen LogP contribution in [-0.2, 0) is 13.6 Å². The highest BCUT2D eigenvalue weighted by Crippen LogP contribution is 2.30. The van der Waals surface area contributed by atoms with Crippen molar-refractivity contribution in [1.29, 1.82) is 0 Å². The van der Waals surface area contributed by atoms with Crippen LogP contribution >= 0.6 is 0 Å². The van der Waals surface area contributed by atoms with E-state index in [0.717, 1.165) is 29.4 Å². The number of anilines is 1.